The third-order valence-electron chi connectivity index (χ3n) is 2.43. The number of hydrogen-bond acceptors (Lipinski definition) is 2. The molecule has 0 N–H and O–H groups in total. The Labute approximate surface area is 71.1 Å². The lowest BCUT2D eigenvalue weighted by Gasteiger charge is -2.00. The van der Waals surface area contributed by atoms with Gasteiger partial charge in [0.15, 0.2) is 0 Å². The van der Waals surface area contributed by atoms with Crippen LogP contribution in [0.15, 0.2) is 18.2 Å². The smallest absolute Gasteiger partial charge is 0.122 e. The molecule has 1 saturated heterocycles. The summed E-state index contributed by atoms with van der Waals surface area (Å²) in [6.45, 7) is 1.71. The Morgan fingerprint density at radius 2 is 2.25 bits per heavy atom. The molecule has 0 radical (unpaired) electrons. The highest BCUT2D eigenvalue weighted by molar-refractivity contribution is 5.41. The zero-order chi connectivity index (χ0) is 7.97. The number of rotatable bonds is 1. The maximum absolute atomic E-state index is 5.46. The summed E-state index contributed by atoms with van der Waals surface area (Å²) in [6.07, 6.45) is 1.40. The lowest BCUT2D eigenvalue weighted by molar-refractivity contribution is 0.355. The molecule has 12 heavy (non-hydrogen) atoms. The molecule has 2 aliphatic heterocycles. The predicted molar refractivity (Wildman–Crippen MR) is 44.3 cm³/mol. The summed E-state index contributed by atoms with van der Waals surface area (Å²) in [7, 11) is 0. The van der Waals surface area contributed by atoms with Gasteiger partial charge in [0.1, 0.15) is 11.9 Å². The molecule has 3 rings (SSSR count). The number of hydrogen-bond donors (Lipinski definition) is 0. The molecule has 0 aliphatic carbocycles. The highest BCUT2D eigenvalue weighted by Gasteiger charge is 2.26. The second kappa shape index (κ2) is 2.23. The molecule has 2 heteroatoms. The standard InChI is InChI=1S/C10H10O2/c1-2-8(10-6-12-10)5-9-7(1)3-4-11-9/h1-2,5,10H,3-4,6H2. The number of ether oxygens (including phenoxy) is 2. The van der Waals surface area contributed by atoms with Crippen molar-refractivity contribution in [2.75, 3.05) is 13.2 Å². The van der Waals surface area contributed by atoms with Crippen molar-refractivity contribution in [3.05, 3.63) is 29.3 Å². The SMILES string of the molecule is c1cc2c(cc1C1CO1)OCC2. The predicted octanol–water partition coefficient (Wildman–Crippen LogP) is 1.69. The van der Waals surface area contributed by atoms with Crippen LogP contribution in [-0.2, 0) is 11.2 Å². The molecular formula is C10H10O2. The largest absolute Gasteiger partial charge is 0.493 e. The summed E-state index contributed by atoms with van der Waals surface area (Å²) in [5, 5.41) is 0. The second-order valence-electron chi connectivity index (χ2n) is 3.29. The van der Waals surface area contributed by atoms with Crippen LogP contribution in [0.2, 0.25) is 0 Å². The Morgan fingerprint density at radius 3 is 3.08 bits per heavy atom. The van der Waals surface area contributed by atoms with E-state index in [-0.39, 0.29) is 0 Å². The summed E-state index contributed by atoms with van der Waals surface area (Å²) in [4.78, 5) is 0. The van der Waals surface area contributed by atoms with Crippen molar-refractivity contribution < 1.29 is 9.47 Å². The fourth-order valence-corrected chi connectivity index (χ4v) is 1.62. The number of epoxide rings is 1. The monoisotopic (exact) mass is 162 g/mol. The minimum absolute atomic E-state index is 0.347. The molecule has 1 aromatic rings. The van der Waals surface area contributed by atoms with Crippen LogP contribution in [0.1, 0.15) is 17.2 Å². The van der Waals surface area contributed by atoms with Gasteiger partial charge in [-0.15, -0.1) is 0 Å². The molecule has 1 aromatic carbocycles. The molecule has 2 aliphatic rings. The van der Waals surface area contributed by atoms with E-state index in [4.69, 9.17) is 9.47 Å². The van der Waals surface area contributed by atoms with Gasteiger partial charge in [0, 0.05) is 6.42 Å². The van der Waals surface area contributed by atoms with Gasteiger partial charge in [-0.05, 0) is 17.2 Å². The van der Waals surface area contributed by atoms with Crippen LogP contribution in [0.4, 0.5) is 0 Å². The molecule has 1 fully saturated rings. The van der Waals surface area contributed by atoms with Crippen LogP contribution >= 0.6 is 0 Å². The molecule has 0 spiro atoms. The average molecular weight is 162 g/mol. The molecule has 62 valence electrons. The van der Waals surface area contributed by atoms with Crippen molar-refractivity contribution in [2.45, 2.75) is 12.5 Å². The van der Waals surface area contributed by atoms with Crippen molar-refractivity contribution in [1.82, 2.24) is 0 Å². The Balaban J connectivity index is 2.03. The van der Waals surface area contributed by atoms with Crippen LogP contribution in [-0.4, -0.2) is 13.2 Å². The van der Waals surface area contributed by atoms with E-state index in [0.29, 0.717) is 6.10 Å². The summed E-state index contributed by atoms with van der Waals surface area (Å²) in [5.41, 5.74) is 2.59. The van der Waals surface area contributed by atoms with Crippen LogP contribution in [0.25, 0.3) is 0 Å². The van der Waals surface area contributed by atoms with Crippen molar-refractivity contribution in [2.24, 2.45) is 0 Å². The van der Waals surface area contributed by atoms with Crippen molar-refractivity contribution in [3.8, 4) is 5.75 Å². The first-order chi connectivity index (χ1) is 5.93. The Bertz CT molecular complexity index is 316. The van der Waals surface area contributed by atoms with E-state index in [0.717, 1.165) is 25.4 Å². The minimum atomic E-state index is 0.347. The first-order valence-corrected chi connectivity index (χ1v) is 4.31. The number of fused-ring (bicyclic) bond motifs is 1. The lowest BCUT2D eigenvalue weighted by Crippen LogP contribution is -1.86. The van der Waals surface area contributed by atoms with Crippen molar-refractivity contribution in [1.29, 1.82) is 0 Å². The van der Waals surface area contributed by atoms with Gasteiger partial charge < -0.3 is 9.47 Å². The topological polar surface area (TPSA) is 21.8 Å². The maximum Gasteiger partial charge on any atom is 0.122 e. The van der Waals surface area contributed by atoms with E-state index in [2.05, 4.69) is 18.2 Å². The van der Waals surface area contributed by atoms with Gasteiger partial charge in [-0.3, -0.25) is 0 Å². The van der Waals surface area contributed by atoms with Gasteiger partial charge >= 0.3 is 0 Å². The van der Waals surface area contributed by atoms with Gasteiger partial charge in [0.25, 0.3) is 0 Å². The van der Waals surface area contributed by atoms with E-state index < -0.39 is 0 Å². The van der Waals surface area contributed by atoms with Crippen molar-refractivity contribution >= 4 is 0 Å². The first kappa shape index (κ1) is 6.49. The molecule has 2 nitrogen and oxygen atoms in total. The lowest BCUT2D eigenvalue weighted by atomic mass is 10.1. The maximum atomic E-state index is 5.46. The average Bonchev–Trinajstić information content (AvgIpc) is 2.84. The Kier molecular flexibility index (Phi) is 1.21. The van der Waals surface area contributed by atoms with E-state index >= 15 is 0 Å². The first-order valence-electron chi connectivity index (χ1n) is 4.31. The minimum Gasteiger partial charge on any atom is -0.493 e. The highest BCUT2D eigenvalue weighted by atomic mass is 16.6. The quantitative estimate of drug-likeness (QED) is 0.586. The number of benzene rings is 1. The van der Waals surface area contributed by atoms with Crippen LogP contribution in [0, 0.1) is 0 Å². The molecular weight excluding hydrogens is 152 g/mol. The fourth-order valence-electron chi connectivity index (χ4n) is 1.62. The summed E-state index contributed by atoms with van der Waals surface area (Å²) < 4.78 is 10.7. The van der Waals surface area contributed by atoms with E-state index in [1.165, 1.54) is 11.1 Å². The molecule has 0 aromatic heterocycles. The third-order valence-corrected chi connectivity index (χ3v) is 2.43. The summed E-state index contributed by atoms with van der Waals surface area (Å²) in [5.74, 6) is 1.06. The molecule has 0 saturated carbocycles. The van der Waals surface area contributed by atoms with E-state index in [1.807, 2.05) is 0 Å². The van der Waals surface area contributed by atoms with E-state index in [1.54, 1.807) is 0 Å². The van der Waals surface area contributed by atoms with Gasteiger partial charge in [0.2, 0.25) is 0 Å². The van der Waals surface area contributed by atoms with E-state index in [9.17, 15) is 0 Å². The zero-order valence-corrected chi connectivity index (χ0v) is 6.75. The fraction of sp³-hybridized carbons (Fsp3) is 0.400. The zero-order valence-electron chi connectivity index (χ0n) is 6.75. The molecule has 2 heterocycles. The Hall–Kier alpha value is -1.02. The molecule has 0 amide bonds. The van der Waals surface area contributed by atoms with Gasteiger partial charge in [-0.25, -0.2) is 0 Å². The summed E-state index contributed by atoms with van der Waals surface area (Å²) >= 11 is 0. The molecule has 1 atom stereocenters. The second-order valence-corrected chi connectivity index (χ2v) is 3.29. The van der Waals surface area contributed by atoms with Gasteiger partial charge in [0.05, 0.1) is 13.2 Å². The van der Waals surface area contributed by atoms with Gasteiger partial charge in [-0.1, -0.05) is 12.1 Å². The van der Waals surface area contributed by atoms with Gasteiger partial charge in [-0.2, -0.15) is 0 Å². The normalized spacial score (nSPS) is 24.8. The van der Waals surface area contributed by atoms with Crippen LogP contribution < -0.4 is 4.74 Å². The third kappa shape index (κ3) is 0.916. The highest BCUT2D eigenvalue weighted by Crippen LogP contribution is 2.34. The van der Waals surface area contributed by atoms with Crippen LogP contribution in [0.3, 0.4) is 0 Å². The summed E-state index contributed by atoms with van der Waals surface area (Å²) in [6, 6.07) is 6.41. The Morgan fingerprint density at radius 1 is 1.33 bits per heavy atom. The molecule has 0 bridgehead atoms. The molecule has 1 unspecified atom stereocenters. The van der Waals surface area contributed by atoms with Crippen LogP contribution in [0.5, 0.6) is 5.75 Å². The van der Waals surface area contributed by atoms with Crippen molar-refractivity contribution in [3.63, 3.8) is 0 Å².